The average Bonchev–Trinajstić information content (AvgIpc) is 3.32. The summed E-state index contributed by atoms with van der Waals surface area (Å²) in [6, 6.07) is 6.16. The number of hydrogen-bond donors (Lipinski definition) is 2. The van der Waals surface area contributed by atoms with Gasteiger partial charge in [0.15, 0.2) is 5.96 Å². The Morgan fingerprint density at radius 2 is 2.04 bits per heavy atom. The number of nitrogens with zero attached hydrogens (tertiary/aromatic N) is 2. The van der Waals surface area contributed by atoms with Crippen LogP contribution in [0.2, 0.25) is 0 Å². The zero-order chi connectivity index (χ0) is 20.1. The number of ether oxygens (including phenoxy) is 2. The first kappa shape index (κ1) is 20.3. The van der Waals surface area contributed by atoms with E-state index in [1.54, 1.807) is 33.2 Å². The number of guanidine groups is 1. The van der Waals surface area contributed by atoms with Gasteiger partial charge < -0.3 is 25.0 Å². The van der Waals surface area contributed by atoms with Crippen molar-refractivity contribution < 1.29 is 14.3 Å². The molecule has 154 valence electrons. The van der Waals surface area contributed by atoms with Gasteiger partial charge in [0, 0.05) is 31.8 Å². The molecule has 2 aliphatic rings. The van der Waals surface area contributed by atoms with Crippen molar-refractivity contribution in [3.8, 4) is 11.5 Å². The fraction of sp³-hybridized carbons (Fsp3) is 0.619. The van der Waals surface area contributed by atoms with Gasteiger partial charge in [-0.3, -0.25) is 4.79 Å². The van der Waals surface area contributed by atoms with Crippen LogP contribution < -0.4 is 20.1 Å². The number of rotatable bonds is 7. The molecule has 3 rings (SSSR count). The summed E-state index contributed by atoms with van der Waals surface area (Å²) in [5.41, 5.74) is 0.969. The van der Waals surface area contributed by atoms with Crippen LogP contribution in [0.25, 0.3) is 0 Å². The van der Waals surface area contributed by atoms with Crippen LogP contribution in [0.15, 0.2) is 23.2 Å². The molecule has 28 heavy (non-hydrogen) atoms. The molecule has 2 fully saturated rings. The van der Waals surface area contributed by atoms with E-state index in [4.69, 9.17) is 14.5 Å². The Bertz CT molecular complexity index is 720. The topological polar surface area (TPSA) is 75.2 Å². The van der Waals surface area contributed by atoms with Crippen molar-refractivity contribution in [2.75, 3.05) is 34.9 Å². The molecule has 0 aliphatic heterocycles. The van der Waals surface area contributed by atoms with Crippen LogP contribution in [-0.4, -0.2) is 57.7 Å². The standard InChI is InChI=1S/C21H32N4O3/c1-25(2)20(26)13-23-21(24-18-10-14-5-6-15(18)9-14)22-12-16-7-8-17(27-3)11-19(16)28-4/h7-8,11,14-15,18H,5-6,9-10,12-13H2,1-4H3,(H2,22,23,24). The van der Waals surface area contributed by atoms with Crippen molar-refractivity contribution in [1.29, 1.82) is 0 Å². The summed E-state index contributed by atoms with van der Waals surface area (Å²) in [6.07, 6.45) is 5.15. The van der Waals surface area contributed by atoms with E-state index >= 15 is 0 Å². The number of carbonyl (C=O) groups excluding carboxylic acids is 1. The largest absolute Gasteiger partial charge is 0.497 e. The van der Waals surface area contributed by atoms with Crippen LogP contribution in [-0.2, 0) is 11.3 Å². The smallest absolute Gasteiger partial charge is 0.241 e. The first-order valence-electron chi connectivity index (χ1n) is 9.96. The molecule has 1 amide bonds. The molecule has 0 radical (unpaired) electrons. The number of hydrogen-bond acceptors (Lipinski definition) is 4. The van der Waals surface area contributed by atoms with E-state index in [2.05, 4.69) is 10.6 Å². The Morgan fingerprint density at radius 3 is 2.64 bits per heavy atom. The van der Waals surface area contributed by atoms with E-state index < -0.39 is 0 Å². The van der Waals surface area contributed by atoms with Gasteiger partial charge in [0.05, 0.1) is 27.3 Å². The molecule has 1 aromatic carbocycles. The van der Waals surface area contributed by atoms with E-state index in [9.17, 15) is 4.79 Å². The zero-order valence-corrected chi connectivity index (χ0v) is 17.3. The second kappa shape index (κ2) is 9.17. The summed E-state index contributed by atoms with van der Waals surface area (Å²) in [5.74, 6) is 3.76. The molecular weight excluding hydrogens is 356 g/mol. The Labute approximate surface area is 167 Å². The highest BCUT2D eigenvalue weighted by Gasteiger charge is 2.39. The van der Waals surface area contributed by atoms with E-state index in [-0.39, 0.29) is 12.5 Å². The van der Waals surface area contributed by atoms with E-state index in [1.807, 2.05) is 18.2 Å². The minimum atomic E-state index is 0.0180. The lowest BCUT2D eigenvalue weighted by molar-refractivity contribution is -0.127. The van der Waals surface area contributed by atoms with Gasteiger partial charge in [-0.2, -0.15) is 0 Å². The van der Waals surface area contributed by atoms with Gasteiger partial charge in [0.1, 0.15) is 11.5 Å². The van der Waals surface area contributed by atoms with Crippen molar-refractivity contribution in [2.45, 2.75) is 38.3 Å². The molecule has 0 saturated heterocycles. The Kier molecular flexibility index (Phi) is 6.65. The van der Waals surface area contributed by atoms with Crippen LogP contribution in [0.3, 0.4) is 0 Å². The molecule has 2 N–H and O–H groups in total. The average molecular weight is 389 g/mol. The second-order valence-corrected chi connectivity index (χ2v) is 7.91. The summed E-state index contributed by atoms with van der Waals surface area (Å²) < 4.78 is 10.7. The lowest BCUT2D eigenvalue weighted by atomic mass is 9.95. The molecule has 3 unspecified atom stereocenters. The number of nitrogens with one attached hydrogen (secondary N) is 2. The SMILES string of the molecule is COc1ccc(CN=C(NCC(=O)N(C)C)NC2CC3CCC2C3)c(OC)c1. The minimum absolute atomic E-state index is 0.0180. The number of benzene rings is 1. The quantitative estimate of drug-likeness (QED) is 0.552. The Morgan fingerprint density at radius 1 is 1.21 bits per heavy atom. The number of likely N-dealkylation sites (N-methyl/N-ethyl adjacent to an activating group) is 1. The second-order valence-electron chi connectivity index (χ2n) is 7.91. The molecule has 1 aromatic rings. The number of aliphatic imine (C=N–C) groups is 1. The van der Waals surface area contributed by atoms with Crippen LogP contribution in [0.1, 0.15) is 31.2 Å². The minimum Gasteiger partial charge on any atom is -0.497 e. The highest BCUT2D eigenvalue weighted by atomic mass is 16.5. The fourth-order valence-electron chi connectivity index (χ4n) is 4.21. The van der Waals surface area contributed by atoms with Gasteiger partial charge in [-0.05, 0) is 43.2 Å². The van der Waals surface area contributed by atoms with Gasteiger partial charge in [-0.25, -0.2) is 4.99 Å². The fourth-order valence-corrected chi connectivity index (χ4v) is 4.21. The van der Waals surface area contributed by atoms with Gasteiger partial charge >= 0.3 is 0 Å². The molecule has 0 heterocycles. The predicted octanol–water partition coefficient (Wildman–Crippen LogP) is 2.02. The van der Waals surface area contributed by atoms with E-state index in [0.29, 0.717) is 18.5 Å². The lowest BCUT2D eigenvalue weighted by Crippen LogP contribution is -2.48. The van der Waals surface area contributed by atoms with Crippen LogP contribution >= 0.6 is 0 Å². The maximum atomic E-state index is 12.0. The first-order valence-corrected chi connectivity index (χ1v) is 9.96. The summed E-state index contributed by atoms with van der Waals surface area (Å²) in [4.78, 5) is 18.3. The third kappa shape index (κ3) is 4.88. The monoisotopic (exact) mass is 388 g/mol. The van der Waals surface area contributed by atoms with Crippen LogP contribution in [0.5, 0.6) is 11.5 Å². The number of amides is 1. The molecule has 7 heteroatoms. The third-order valence-electron chi connectivity index (χ3n) is 5.87. The predicted molar refractivity (Wildman–Crippen MR) is 110 cm³/mol. The Balaban J connectivity index is 1.70. The summed E-state index contributed by atoms with van der Waals surface area (Å²) in [6.45, 7) is 0.679. The molecule has 0 aromatic heterocycles. The van der Waals surface area contributed by atoms with Crippen molar-refractivity contribution in [1.82, 2.24) is 15.5 Å². The molecule has 7 nitrogen and oxygen atoms in total. The Hall–Kier alpha value is -2.44. The lowest BCUT2D eigenvalue weighted by Gasteiger charge is -2.25. The molecule has 2 bridgehead atoms. The van der Waals surface area contributed by atoms with Crippen molar-refractivity contribution >= 4 is 11.9 Å². The maximum Gasteiger partial charge on any atom is 0.241 e. The molecule has 0 spiro atoms. The van der Waals surface area contributed by atoms with Crippen LogP contribution in [0, 0.1) is 11.8 Å². The van der Waals surface area contributed by atoms with Gasteiger partial charge in [-0.1, -0.05) is 6.42 Å². The zero-order valence-electron chi connectivity index (χ0n) is 17.3. The molecular formula is C21H32N4O3. The van der Waals surface area contributed by atoms with E-state index in [1.165, 1.54) is 25.7 Å². The maximum absolute atomic E-state index is 12.0. The number of carbonyl (C=O) groups is 1. The number of fused-ring (bicyclic) bond motifs is 2. The molecule has 2 aliphatic carbocycles. The van der Waals surface area contributed by atoms with Gasteiger partial charge in [0.25, 0.3) is 0 Å². The van der Waals surface area contributed by atoms with Crippen molar-refractivity contribution in [3.63, 3.8) is 0 Å². The van der Waals surface area contributed by atoms with Crippen LogP contribution in [0.4, 0.5) is 0 Å². The molecule has 3 atom stereocenters. The normalized spacial score (nSPS) is 23.4. The van der Waals surface area contributed by atoms with Gasteiger partial charge in [0.2, 0.25) is 5.91 Å². The highest BCUT2D eigenvalue weighted by molar-refractivity contribution is 5.86. The molecule has 2 saturated carbocycles. The highest BCUT2D eigenvalue weighted by Crippen LogP contribution is 2.44. The van der Waals surface area contributed by atoms with E-state index in [0.717, 1.165) is 28.9 Å². The van der Waals surface area contributed by atoms with Gasteiger partial charge in [-0.15, -0.1) is 0 Å². The summed E-state index contributed by atoms with van der Waals surface area (Å²) in [5, 5.41) is 6.77. The summed E-state index contributed by atoms with van der Waals surface area (Å²) >= 11 is 0. The van der Waals surface area contributed by atoms with Crippen molar-refractivity contribution in [3.05, 3.63) is 23.8 Å². The first-order chi connectivity index (χ1) is 13.5. The summed E-state index contributed by atoms with van der Waals surface area (Å²) in [7, 11) is 6.79. The van der Waals surface area contributed by atoms with Crippen molar-refractivity contribution in [2.24, 2.45) is 16.8 Å². The third-order valence-corrected chi connectivity index (χ3v) is 5.87. The number of methoxy groups -OCH3 is 2.